The zero-order chi connectivity index (χ0) is 7.56. The van der Waals surface area contributed by atoms with Crippen molar-refractivity contribution in [1.82, 2.24) is 5.32 Å². The van der Waals surface area contributed by atoms with E-state index in [0.29, 0.717) is 0 Å². The lowest BCUT2D eigenvalue weighted by Crippen LogP contribution is -2.36. The van der Waals surface area contributed by atoms with Gasteiger partial charge in [-0.25, -0.2) is 0 Å². The quantitative estimate of drug-likeness (QED) is 0.606. The number of thioether (sulfide) groups is 1. The lowest BCUT2D eigenvalue weighted by atomic mass is 10.2. The summed E-state index contributed by atoms with van der Waals surface area (Å²) in [5, 5.41) is 11.8. The minimum absolute atomic E-state index is 0.262. The third-order valence-corrected chi connectivity index (χ3v) is 2.85. The van der Waals surface area contributed by atoms with Gasteiger partial charge in [0.2, 0.25) is 0 Å². The van der Waals surface area contributed by atoms with Crippen LogP contribution >= 0.6 is 11.8 Å². The van der Waals surface area contributed by atoms with Gasteiger partial charge in [0.15, 0.2) is 0 Å². The number of hydrogen-bond acceptors (Lipinski definition) is 3. The molecule has 1 aliphatic heterocycles. The van der Waals surface area contributed by atoms with E-state index in [2.05, 4.69) is 5.32 Å². The van der Waals surface area contributed by atoms with Gasteiger partial charge in [-0.05, 0) is 19.2 Å². The molecule has 2 atom stereocenters. The highest BCUT2D eigenvalue weighted by atomic mass is 32.2. The number of hydrogen-bond donors (Lipinski definition) is 2. The Morgan fingerprint density at radius 2 is 2.50 bits per heavy atom. The van der Waals surface area contributed by atoms with E-state index in [1.807, 2.05) is 6.26 Å². The highest BCUT2D eigenvalue weighted by Crippen LogP contribution is 2.19. The van der Waals surface area contributed by atoms with E-state index in [0.717, 1.165) is 13.0 Å². The van der Waals surface area contributed by atoms with Gasteiger partial charge in [-0.1, -0.05) is 0 Å². The molecule has 0 amide bonds. The van der Waals surface area contributed by atoms with Crippen LogP contribution in [0.1, 0.15) is 6.42 Å². The van der Waals surface area contributed by atoms with E-state index in [9.17, 15) is 4.79 Å². The van der Waals surface area contributed by atoms with Crippen molar-refractivity contribution in [2.45, 2.75) is 17.7 Å². The predicted octanol–water partition coefficient (Wildman–Crippen LogP) is 0.165. The highest BCUT2D eigenvalue weighted by molar-refractivity contribution is 7.99. The molecule has 4 heteroatoms. The minimum atomic E-state index is -0.725. The predicted molar refractivity (Wildman–Crippen MR) is 41.3 cm³/mol. The maximum atomic E-state index is 10.5. The van der Waals surface area contributed by atoms with Gasteiger partial charge in [0.1, 0.15) is 6.04 Å². The first-order valence-electron chi connectivity index (χ1n) is 3.24. The fourth-order valence-corrected chi connectivity index (χ4v) is 2.02. The monoisotopic (exact) mass is 161 g/mol. The number of aliphatic carboxylic acids is 1. The first-order valence-corrected chi connectivity index (χ1v) is 4.53. The summed E-state index contributed by atoms with van der Waals surface area (Å²) < 4.78 is 0. The van der Waals surface area contributed by atoms with Crippen molar-refractivity contribution in [2.75, 3.05) is 12.8 Å². The van der Waals surface area contributed by atoms with E-state index in [1.165, 1.54) is 0 Å². The minimum Gasteiger partial charge on any atom is -0.480 e. The summed E-state index contributed by atoms with van der Waals surface area (Å²) in [7, 11) is 0. The van der Waals surface area contributed by atoms with Gasteiger partial charge in [-0.3, -0.25) is 4.79 Å². The fraction of sp³-hybridized carbons (Fsp3) is 0.833. The molecule has 0 bridgehead atoms. The zero-order valence-electron chi connectivity index (χ0n) is 5.83. The molecule has 58 valence electrons. The van der Waals surface area contributed by atoms with E-state index in [-0.39, 0.29) is 11.3 Å². The Kier molecular flexibility index (Phi) is 2.56. The first-order chi connectivity index (χ1) is 4.75. The number of nitrogens with one attached hydrogen (secondary N) is 1. The molecular weight excluding hydrogens is 150 g/mol. The topological polar surface area (TPSA) is 49.3 Å². The molecule has 0 saturated carbocycles. The number of carboxylic acids is 1. The van der Waals surface area contributed by atoms with Gasteiger partial charge in [-0.15, -0.1) is 0 Å². The van der Waals surface area contributed by atoms with Crippen LogP contribution in [0.3, 0.4) is 0 Å². The van der Waals surface area contributed by atoms with Gasteiger partial charge in [0, 0.05) is 5.25 Å². The summed E-state index contributed by atoms with van der Waals surface area (Å²) in [6.45, 7) is 0.836. The Morgan fingerprint density at radius 1 is 1.80 bits per heavy atom. The second-order valence-electron chi connectivity index (χ2n) is 2.33. The molecule has 0 aromatic rings. The van der Waals surface area contributed by atoms with Crippen molar-refractivity contribution in [3.05, 3.63) is 0 Å². The Bertz CT molecular complexity index is 140. The summed E-state index contributed by atoms with van der Waals surface area (Å²) >= 11 is 1.63. The van der Waals surface area contributed by atoms with Gasteiger partial charge < -0.3 is 10.4 Å². The molecule has 10 heavy (non-hydrogen) atoms. The van der Waals surface area contributed by atoms with Crippen LogP contribution in [0.5, 0.6) is 0 Å². The van der Waals surface area contributed by atoms with Crippen molar-refractivity contribution >= 4 is 17.7 Å². The van der Waals surface area contributed by atoms with Gasteiger partial charge >= 0.3 is 5.97 Å². The normalized spacial score (nSPS) is 32.5. The molecular formula is C6H11NO2S. The zero-order valence-corrected chi connectivity index (χ0v) is 6.65. The Labute approximate surface area is 64.2 Å². The summed E-state index contributed by atoms with van der Waals surface area (Å²) in [5.74, 6) is -0.725. The van der Waals surface area contributed by atoms with Crippen molar-refractivity contribution in [1.29, 1.82) is 0 Å². The van der Waals surface area contributed by atoms with Crippen LogP contribution in [-0.2, 0) is 4.79 Å². The molecule has 0 unspecified atom stereocenters. The molecule has 1 heterocycles. The molecule has 0 radical (unpaired) electrons. The van der Waals surface area contributed by atoms with Crippen LogP contribution in [0.2, 0.25) is 0 Å². The van der Waals surface area contributed by atoms with Crippen molar-refractivity contribution < 1.29 is 9.90 Å². The Hall–Kier alpha value is -0.220. The summed E-state index contributed by atoms with van der Waals surface area (Å²) in [4.78, 5) is 10.5. The fourth-order valence-electron chi connectivity index (χ4n) is 1.18. The number of rotatable bonds is 2. The van der Waals surface area contributed by atoms with Crippen LogP contribution in [0.15, 0.2) is 0 Å². The van der Waals surface area contributed by atoms with Crippen molar-refractivity contribution in [2.24, 2.45) is 0 Å². The summed E-state index contributed by atoms with van der Waals surface area (Å²) in [6, 6.07) is -0.324. The van der Waals surface area contributed by atoms with Crippen LogP contribution in [0.25, 0.3) is 0 Å². The third kappa shape index (κ3) is 1.44. The molecule has 1 rings (SSSR count). The second kappa shape index (κ2) is 3.25. The maximum absolute atomic E-state index is 10.5. The lowest BCUT2D eigenvalue weighted by molar-refractivity contribution is -0.138. The smallest absolute Gasteiger partial charge is 0.321 e. The molecule has 0 aliphatic carbocycles. The van der Waals surface area contributed by atoms with E-state index in [1.54, 1.807) is 11.8 Å². The molecule has 0 spiro atoms. The van der Waals surface area contributed by atoms with Crippen LogP contribution in [-0.4, -0.2) is 35.2 Å². The molecule has 3 nitrogen and oxygen atoms in total. The largest absolute Gasteiger partial charge is 0.480 e. The molecule has 0 aromatic carbocycles. The SMILES string of the molecule is CS[C@H]1CCN[C@@H]1C(=O)O. The molecule has 2 N–H and O–H groups in total. The average molecular weight is 161 g/mol. The Balaban J connectivity index is 2.50. The van der Waals surface area contributed by atoms with Crippen molar-refractivity contribution in [3.63, 3.8) is 0 Å². The highest BCUT2D eigenvalue weighted by Gasteiger charge is 2.31. The van der Waals surface area contributed by atoms with Gasteiger partial charge in [-0.2, -0.15) is 11.8 Å². The maximum Gasteiger partial charge on any atom is 0.321 e. The lowest BCUT2D eigenvalue weighted by Gasteiger charge is -2.11. The Morgan fingerprint density at radius 3 is 2.90 bits per heavy atom. The summed E-state index contributed by atoms with van der Waals surface area (Å²) in [6.07, 6.45) is 2.92. The molecule has 1 saturated heterocycles. The van der Waals surface area contributed by atoms with Crippen LogP contribution < -0.4 is 5.32 Å². The van der Waals surface area contributed by atoms with Crippen LogP contribution in [0, 0.1) is 0 Å². The van der Waals surface area contributed by atoms with Crippen molar-refractivity contribution in [3.8, 4) is 0 Å². The second-order valence-corrected chi connectivity index (χ2v) is 3.41. The van der Waals surface area contributed by atoms with E-state index < -0.39 is 5.97 Å². The van der Waals surface area contributed by atoms with Gasteiger partial charge in [0.05, 0.1) is 0 Å². The van der Waals surface area contributed by atoms with E-state index >= 15 is 0 Å². The number of carboxylic acid groups (broad SMARTS) is 1. The standard InChI is InChI=1S/C6H11NO2S/c1-10-4-2-3-7-5(4)6(8)9/h4-5,7H,2-3H2,1H3,(H,8,9)/t4-,5-/m0/s1. The first kappa shape index (κ1) is 7.88. The molecule has 1 fully saturated rings. The average Bonchev–Trinajstić information content (AvgIpc) is 2.33. The number of carbonyl (C=O) groups is 1. The summed E-state index contributed by atoms with van der Waals surface area (Å²) in [5.41, 5.74) is 0. The molecule has 1 aliphatic rings. The van der Waals surface area contributed by atoms with E-state index in [4.69, 9.17) is 5.11 Å². The van der Waals surface area contributed by atoms with Crippen LogP contribution in [0.4, 0.5) is 0 Å². The molecule has 0 aromatic heterocycles. The van der Waals surface area contributed by atoms with Gasteiger partial charge in [0.25, 0.3) is 0 Å². The third-order valence-electron chi connectivity index (χ3n) is 1.73.